The van der Waals surface area contributed by atoms with E-state index in [1.54, 1.807) is 0 Å². The van der Waals surface area contributed by atoms with Gasteiger partial charge in [-0.05, 0) is 54.5 Å². The summed E-state index contributed by atoms with van der Waals surface area (Å²) in [6.07, 6.45) is 2.64. The van der Waals surface area contributed by atoms with Crippen LogP contribution in [0, 0.1) is 5.92 Å². The molecule has 1 aliphatic rings. The van der Waals surface area contributed by atoms with Gasteiger partial charge in [0.2, 0.25) is 0 Å². The lowest BCUT2D eigenvalue weighted by Gasteiger charge is -2.30. The molecule has 138 valence electrons. The number of carbonyl (C=O) groups excluding carboxylic acids is 1. The minimum absolute atomic E-state index is 0.00549. The molecular formula is C23H30N2O. The maximum atomic E-state index is 12.4. The lowest BCUT2D eigenvalue weighted by Crippen LogP contribution is -2.33. The summed E-state index contributed by atoms with van der Waals surface area (Å²) >= 11 is 0. The molecule has 0 aliphatic carbocycles. The highest BCUT2D eigenvalue weighted by atomic mass is 16.1. The van der Waals surface area contributed by atoms with Crippen LogP contribution in [0.15, 0.2) is 54.6 Å². The molecule has 0 spiro atoms. The van der Waals surface area contributed by atoms with Crippen molar-refractivity contribution in [1.82, 2.24) is 10.2 Å². The number of amides is 1. The van der Waals surface area contributed by atoms with Crippen LogP contribution in [0.3, 0.4) is 0 Å². The molecule has 2 unspecified atom stereocenters. The van der Waals surface area contributed by atoms with Crippen molar-refractivity contribution in [2.24, 2.45) is 5.92 Å². The van der Waals surface area contributed by atoms with Crippen molar-refractivity contribution in [2.45, 2.75) is 39.2 Å². The molecule has 0 saturated carbocycles. The fraction of sp³-hybridized carbons (Fsp3) is 0.435. The van der Waals surface area contributed by atoms with Crippen LogP contribution in [0.1, 0.15) is 54.1 Å². The molecular weight excluding hydrogens is 320 g/mol. The van der Waals surface area contributed by atoms with E-state index in [9.17, 15) is 4.79 Å². The predicted molar refractivity (Wildman–Crippen MR) is 107 cm³/mol. The number of rotatable bonds is 6. The largest absolute Gasteiger partial charge is 0.351 e. The van der Waals surface area contributed by atoms with Gasteiger partial charge in [0, 0.05) is 25.2 Å². The van der Waals surface area contributed by atoms with Gasteiger partial charge in [0.15, 0.2) is 0 Å². The number of likely N-dealkylation sites (tertiary alicyclic amines) is 1. The summed E-state index contributed by atoms with van der Waals surface area (Å²) in [4.78, 5) is 14.9. The van der Waals surface area contributed by atoms with Crippen LogP contribution in [0.2, 0.25) is 0 Å². The van der Waals surface area contributed by atoms with Gasteiger partial charge < -0.3 is 5.32 Å². The Bertz CT molecular complexity index is 696. The fourth-order valence-electron chi connectivity index (χ4n) is 3.70. The van der Waals surface area contributed by atoms with E-state index in [0.717, 1.165) is 18.0 Å². The molecule has 1 N–H and O–H groups in total. The molecule has 26 heavy (non-hydrogen) atoms. The second-order valence-electron chi connectivity index (χ2n) is 7.70. The summed E-state index contributed by atoms with van der Waals surface area (Å²) < 4.78 is 0. The average Bonchev–Trinajstić information content (AvgIpc) is 2.67. The standard InChI is InChI=1S/C23H30N2O/c1-18-7-6-14-25(16-18)17-20-10-12-22(13-11-20)23(26)24-15-19(2)21-8-4-3-5-9-21/h3-5,8-13,18-19H,6-7,14-17H2,1-2H3,(H,24,26). The molecule has 3 heteroatoms. The van der Waals surface area contributed by atoms with E-state index in [-0.39, 0.29) is 5.91 Å². The summed E-state index contributed by atoms with van der Waals surface area (Å²) in [5.74, 6) is 1.10. The number of piperidine rings is 1. The average molecular weight is 351 g/mol. The lowest BCUT2D eigenvalue weighted by molar-refractivity contribution is 0.0951. The number of carbonyl (C=O) groups is 1. The third-order valence-corrected chi connectivity index (χ3v) is 5.30. The van der Waals surface area contributed by atoms with E-state index >= 15 is 0 Å². The number of benzene rings is 2. The first-order valence-corrected chi connectivity index (χ1v) is 9.76. The zero-order chi connectivity index (χ0) is 18.4. The Morgan fingerprint density at radius 2 is 1.88 bits per heavy atom. The third-order valence-electron chi connectivity index (χ3n) is 5.30. The molecule has 0 radical (unpaired) electrons. The maximum Gasteiger partial charge on any atom is 0.251 e. The Balaban J connectivity index is 1.50. The second-order valence-corrected chi connectivity index (χ2v) is 7.70. The van der Waals surface area contributed by atoms with Crippen LogP contribution < -0.4 is 5.32 Å². The van der Waals surface area contributed by atoms with Gasteiger partial charge in [0.1, 0.15) is 0 Å². The zero-order valence-corrected chi connectivity index (χ0v) is 15.9. The minimum atomic E-state index is 0.00549. The predicted octanol–water partition coefficient (Wildman–Crippen LogP) is 4.45. The first-order chi connectivity index (χ1) is 12.6. The highest BCUT2D eigenvalue weighted by Gasteiger charge is 2.16. The van der Waals surface area contributed by atoms with Crippen LogP contribution in [-0.2, 0) is 6.54 Å². The number of nitrogens with one attached hydrogen (secondary N) is 1. The molecule has 0 bridgehead atoms. The summed E-state index contributed by atoms with van der Waals surface area (Å²) in [5, 5.41) is 3.05. The Hall–Kier alpha value is -2.13. The normalized spacial score (nSPS) is 19.1. The smallest absolute Gasteiger partial charge is 0.251 e. The van der Waals surface area contributed by atoms with Gasteiger partial charge in [-0.2, -0.15) is 0 Å². The van der Waals surface area contributed by atoms with Gasteiger partial charge in [0.25, 0.3) is 5.91 Å². The van der Waals surface area contributed by atoms with Crippen LogP contribution in [0.25, 0.3) is 0 Å². The topological polar surface area (TPSA) is 32.3 Å². The van der Waals surface area contributed by atoms with Gasteiger partial charge in [-0.3, -0.25) is 9.69 Å². The van der Waals surface area contributed by atoms with Crippen molar-refractivity contribution in [3.63, 3.8) is 0 Å². The lowest BCUT2D eigenvalue weighted by atomic mass is 9.99. The van der Waals surface area contributed by atoms with E-state index in [1.165, 1.54) is 37.1 Å². The van der Waals surface area contributed by atoms with Crippen molar-refractivity contribution in [2.75, 3.05) is 19.6 Å². The molecule has 1 fully saturated rings. The van der Waals surface area contributed by atoms with E-state index in [2.05, 4.69) is 48.3 Å². The van der Waals surface area contributed by atoms with Gasteiger partial charge >= 0.3 is 0 Å². The minimum Gasteiger partial charge on any atom is -0.351 e. The second kappa shape index (κ2) is 9.00. The van der Waals surface area contributed by atoms with Gasteiger partial charge in [-0.25, -0.2) is 0 Å². The Morgan fingerprint density at radius 3 is 2.58 bits per heavy atom. The van der Waals surface area contributed by atoms with Crippen LogP contribution in [0.5, 0.6) is 0 Å². The molecule has 3 nitrogen and oxygen atoms in total. The van der Waals surface area contributed by atoms with Gasteiger partial charge in [-0.1, -0.05) is 56.3 Å². The molecule has 2 aromatic rings. The molecule has 3 rings (SSSR count). The zero-order valence-electron chi connectivity index (χ0n) is 15.9. The Labute approximate surface area is 157 Å². The monoisotopic (exact) mass is 350 g/mol. The van der Waals surface area contributed by atoms with Crippen molar-refractivity contribution in [3.05, 3.63) is 71.3 Å². The van der Waals surface area contributed by atoms with Crippen molar-refractivity contribution < 1.29 is 4.79 Å². The fourth-order valence-corrected chi connectivity index (χ4v) is 3.70. The summed E-state index contributed by atoms with van der Waals surface area (Å²) in [7, 11) is 0. The van der Waals surface area contributed by atoms with Gasteiger partial charge in [-0.15, -0.1) is 0 Å². The maximum absolute atomic E-state index is 12.4. The molecule has 1 saturated heterocycles. The molecule has 0 aromatic heterocycles. The van der Waals surface area contributed by atoms with Crippen molar-refractivity contribution in [3.8, 4) is 0 Å². The quantitative estimate of drug-likeness (QED) is 0.835. The highest BCUT2D eigenvalue weighted by Crippen LogP contribution is 2.18. The molecule has 1 aliphatic heterocycles. The molecule has 2 atom stereocenters. The van der Waals surface area contributed by atoms with Gasteiger partial charge in [0.05, 0.1) is 0 Å². The summed E-state index contributed by atoms with van der Waals surface area (Å²) in [6, 6.07) is 18.4. The summed E-state index contributed by atoms with van der Waals surface area (Å²) in [5.41, 5.74) is 3.27. The Kier molecular flexibility index (Phi) is 6.45. The van der Waals surface area contributed by atoms with Crippen LogP contribution in [-0.4, -0.2) is 30.4 Å². The highest BCUT2D eigenvalue weighted by molar-refractivity contribution is 5.94. The SMILES string of the molecule is CC1CCCN(Cc2ccc(C(=O)NCC(C)c3ccccc3)cc2)C1. The van der Waals surface area contributed by atoms with Crippen molar-refractivity contribution >= 4 is 5.91 Å². The molecule has 1 heterocycles. The third kappa shape index (κ3) is 5.18. The van der Waals surface area contributed by atoms with E-state index in [4.69, 9.17) is 0 Å². The number of hydrogen-bond acceptors (Lipinski definition) is 2. The first-order valence-electron chi connectivity index (χ1n) is 9.76. The van der Waals surface area contributed by atoms with E-state index in [0.29, 0.717) is 12.5 Å². The number of nitrogens with zero attached hydrogens (tertiary/aromatic N) is 1. The van der Waals surface area contributed by atoms with Crippen LogP contribution >= 0.6 is 0 Å². The van der Waals surface area contributed by atoms with E-state index < -0.39 is 0 Å². The molecule has 1 amide bonds. The van der Waals surface area contributed by atoms with Crippen LogP contribution in [0.4, 0.5) is 0 Å². The molecule has 2 aromatic carbocycles. The van der Waals surface area contributed by atoms with E-state index in [1.807, 2.05) is 30.3 Å². The summed E-state index contributed by atoms with van der Waals surface area (Å²) in [6.45, 7) is 8.46. The van der Waals surface area contributed by atoms with Crippen molar-refractivity contribution in [1.29, 1.82) is 0 Å². The number of hydrogen-bond donors (Lipinski definition) is 1. The first kappa shape index (κ1) is 18.7. The Morgan fingerprint density at radius 1 is 1.15 bits per heavy atom.